The first-order valence-corrected chi connectivity index (χ1v) is 9.58. The minimum atomic E-state index is 0.159. The Balaban J connectivity index is 1.93. The second-order valence-electron chi connectivity index (χ2n) is 7.95. The number of pyridine rings is 1. The second-order valence-corrected chi connectivity index (χ2v) is 7.95. The molecule has 1 fully saturated rings. The first kappa shape index (κ1) is 18.0. The summed E-state index contributed by atoms with van der Waals surface area (Å²) in [5, 5.41) is 0.742. The van der Waals surface area contributed by atoms with Gasteiger partial charge in [0.05, 0.1) is 24.8 Å². The maximum absolute atomic E-state index is 13.1. The predicted molar refractivity (Wildman–Crippen MR) is 102 cm³/mol. The van der Waals surface area contributed by atoms with Crippen LogP contribution in [0.15, 0.2) is 23.0 Å². The Morgan fingerprint density at radius 2 is 2.12 bits per heavy atom. The molecule has 1 saturated heterocycles. The Kier molecular flexibility index (Phi) is 5.48. The van der Waals surface area contributed by atoms with Crippen molar-refractivity contribution in [2.45, 2.75) is 59.5 Å². The van der Waals surface area contributed by atoms with Gasteiger partial charge in [-0.3, -0.25) is 4.79 Å². The van der Waals surface area contributed by atoms with Crippen LogP contribution in [0.2, 0.25) is 0 Å². The number of nitrogens with one attached hydrogen (secondary N) is 2. The summed E-state index contributed by atoms with van der Waals surface area (Å²) < 4.78 is 5.81. The number of ether oxygens (including phenoxy) is 1. The van der Waals surface area contributed by atoms with Crippen LogP contribution < -0.4 is 15.1 Å². The zero-order valence-electron chi connectivity index (χ0n) is 15.9. The van der Waals surface area contributed by atoms with Crippen LogP contribution in [0.3, 0.4) is 0 Å². The number of benzene rings is 1. The highest BCUT2D eigenvalue weighted by Crippen LogP contribution is 2.19. The standard InChI is InChI=1S/C21H30N2O2/c1-14(2)13-25-17-8-9-20-18(11-17)21(24)19(16(4)22-20)12-23-10-6-5-7-15(23)3/h8-9,11,14-15H,5-7,10,12-13H2,1-4H3,(H,22,24)/p+1/t15-/m1/s1. The highest BCUT2D eigenvalue weighted by molar-refractivity contribution is 5.81. The first-order valence-electron chi connectivity index (χ1n) is 9.58. The van der Waals surface area contributed by atoms with Gasteiger partial charge in [-0.05, 0) is 57.2 Å². The average Bonchev–Trinajstić information content (AvgIpc) is 2.58. The Morgan fingerprint density at radius 3 is 2.84 bits per heavy atom. The van der Waals surface area contributed by atoms with Gasteiger partial charge in [-0.1, -0.05) is 13.8 Å². The molecular weight excluding hydrogens is 312 g/mol. The van der Waals surface area contributed by atoms with Crippen molar-refractivity contribution in [1.82, 2.24) is 4.98 Å². The molecule has 2 N–H and O–H groups in total. The Labute approximate surface area is 150 Å². The summed E-state index contributed by atoms with van der Waals surface area (Å²) in [6, 6.07) is 6.43. The first-order chi connectivity index (χ1) is 12.0. The number of aromatic nitrogens is 1. The molecule has 0 bridgehead atoms. The zero-order chi connectivity index (χ0) is 18.0. The van der Waals surface area contributed by atoms with Gasteiger partial charge in [-0.25, -0.2) is 0 Å². The number of aromatic amines is 1. The van der Waals surface area contributed by atoms with Crippen molar-refractivity contribution >= 4 is 10.9 Å². The lowest BCUT2D eigenvalue weighted by Gasteiger charge is -2.30. The van der Waals surface area contributed by atoms with E-state index in [0.29, 0.717) is 18.6 Å². The van der Waals surface area contributed by atoms with Crippen LogP contribution in [-0.4, -0.2) is 24.2 Å². The van der Waals surface area contributed by atoms with Gasteiger partial charge in [0, 0.05) is 16.6 Å². The van der Waals surface area contributed by atoms with Crippen LogP contribution >= 0.6 is 0 Å². The number of likely N-dealkylation sites (tertiary alicyclic amines) is 1. The fraction of sp³-hybridized carbons (Fsp3) is 0.571. The molecular formula is C21H31N2O2+. The number of quaternary nitrogens is 1. The minimum absolute atomic E-state index is 0.159. The van der Waals surface area contributed by atoms with Crippen LogP contribution in [0, 0.1) is 12.8 Å². The monoisotopic (exact) mass is 343 g/mol. The summed E-state index contributed by atoms with van der Waals surface area (Å²) in [4.78, 5) is 18.1. The molecule has 4 heteroatoms. The summed E-state index contributed by atoms with van der Waals surface area (Å²) in [7, 11) is 0. The summed E-state index contributed by atoms with van der Waals surface area (Å²) in [5.41, 5.74) is 2.98. The third kappa shape index (κ3) is 4.06. The fourth-order valence-corrected chi connectivity index (χ4v) is 3.74. The van der Waals surface area contributed by atoms with Gasteiger partial charge in [0.25, 0.3) is 0 Å². The molecule has 1 aliphatic rings. The summed E-state index contributed by atoms with van der Waals surface area (Å²) in [5.74, 6) is 1.24. The molecule has 136 valence electrons. The van der Waals surface area contributed by atoms with E-state index >= 15 is 0 Å². The fourth-order valence-electron chi connectivity index (χ4n) is 3.74. The van der Waals surface area contributed by atoms with Gasteiger partial charge < -0.3 is 14.6 Å². The smallest absolute Gasteiger partial charge is 0.198 e. The Hall–Kier alpha value is -1.81. The minimum Gasteiger partial charge on any atom is -0.493 e. The number of piperidine rings is 1. The summed E-state index contributed by atoms with van der Waals surface area (Å²) in [6.07, 6.45) is 3.83. The van der Waals surface area contributed by atoms with Crippen molar-refractivity contribution in [3.05, 3.63) is 39.7 Å². The SMILES string of the molecule is Cc1[nH]c2ccc(OCC(C)C)cc2c(=O)c1C[NH+]1CCCC[C@H]1C. The van der Waals surface area contributed by atoms with Gasteiger partial charge in [-0.15, -0.1) is 0 Å². The Bertz CT molecular complexity index is 794. The van der Waals surface area contributed by atoms with Crippen molar-refractivity contribution in [2.75, 3.05) is 13.2 Å². The second kappa shape index (κ2) is 7.61. The number of fused-ring (bicyclic) bond motifs is 1. The topological polar surface area (TPSA) is 46.5 Å². The van der Waals surface area contributed by atoms with Gasteiger partial charge >= 0.3 is 0 Å². The molecule has 1 aromatic heterocycles. The molecule has 0 spiro atoms. The van der Waals surface area contributed by atoms with E-state index in [1.54, 1.807) is 0 Å². The van der Waals surface area contributed by atoms with Crippen LogP contribution in [0.5, 0.6) is 5.75 Å². The molecule has 25 heavy (non-hydrogen) atoms. The lowest BCUT2D eigenvalue weighted by molar-refractivity contribution is -0.942. The highest BCUT2D eigenvalue weighted by atomic mass is 16.5. The third-order valence-electron chi connectivity index (χ3n) is 5.35. The van der Waals surface area contributed by atoms with Crippen molar-refractivity contribution in [1.29, 1.82) is 0 Å². The van der Waals surface area contributed by atoms with Gasteiger partial charge in [-0.2, -0.15) is 0 Å². The van der Waals surface area contributed by atoms with E-state index in [1.165, 1.54) is 24.2 Å². The van der Waals surface area contributed by atoms with E-state index in [2.05, 4.69) is 25.8 Å². The number of hydrogen-bond donors (Lipinski definition) is 2. The lowest BCUT2D eigenvalue weighted by atomic mass is 10.0. The van der Waals surface area contributed by atoms with Gasteiger partial charge in [0.2, 0.25) is 0 Å². The van der Waals surface area contributed by atoms with Crippen LogP contribution in [0.4, 0.5) is 0 Å². The van der Waals surface area contributed by atoms with Crippen molar-refractivity contribution < 1.29 is 9.64 Å². The van der Waals surface area contributed by atoms with Crippen LogP contribution in [-0.2, 0) is 6.54 Å². The Morgan fingerprint density at radius 1 is 1.32 bits per heavy atom. The van der Waals surface area contributed by atoms with E-state index in [-0.39, 0.29) is 5.43 Å². The number of hydrogen-bond acceptors (Lipinski definition) is 2. The number of H-pyrrole nitrogens is 1. The summed E-state index contributed by atoms with van der Waals surface area (Å²) >= 11 is 0. The largest absolute Gasteiger partial charge is 0.493 e. The molecule has 0 aliphatic carbocycles. The molecule has 2 atom stereocenters. The zero-order valence-corrected chi connectivity index (χ0v) is 15.9. The van der Waals surface area contributed by atoms with Crippen molar-refractivity contribution in [2.24, 2.45) is 5.92 Å². The lowest BCUT2D eigenvalue weighted by Crippen LogP contribution is -3.15. The van der Waals surface area contributed by atoms with Gasteiger partial charge in [0.15, 0.2) is 5.43 Å². The quantitative estimate of drug-likeness (QED) is 0.877. The van der Waals surface area contributed by atoms with E-state index in [1.807, 2.05) is 25.1 Å². The molecule has 4 nitrogen and oxygen atoms in total. The molecule has 0 radical (unpaired) electrons. The maximum atomic E-state index is 13.1. The van der Waals surface area contributed by atoms with E-state index in [4.69, 9.17) is 4.74 Å². The highest BCUT2D eigenvalue weighted by Gasteiger charge is 2.24. The number of rotatable bonds is 5. The predicted octanol–water partition coefficient (Wildman–Crippen LogP) is 2.83. The molecule has 1 aromatic carbocycles. The van der Waals surface area contributed by atoms with Crippen molar-refractivity contribution in [3.63, 3.8) is 0 Å². The molecule has 3 rings (SSSR count). The molecule has 0 amide bonds. The maximum Gasteiger partial charge on any atom is 0.198 e. The van der Waals surface area contributed by atoms with Crippen molar-refractivity contribution in [3.8, 4) is 5.75 Å². The number of aryl methyl sites for hydroxylation is 1. The molecule has 1 unspecified atom stereocenters. The van der Waals surface area contributed by atoms with Crippen LogP contribution in [0.1, 0.15) is 51.3 Å². The van der Waals surface area contributed by atoms with E-state index < -0.39 is 0 Å². The average molecular weight is 343 g/mol. The normalized spacial score (nSPS) is 21.0. The van der Waals surface area contributed by atoms with Gasteiger partial charge in [0.1, 0.15) is 12.3 Å². The third-order valence-corrected chi connectivity index (χ3v) is 5.35. The molecule has 0 saturated carbocycles. The molecule has 2 heterocycles. The molecule has 2 aromatic rings. The van der Waals surface area contributed by atoms with Crippen LogP contribution in [0.25, 0.3) is 10.9 Å². The molecule has 1 aliphatic heterocycles. The summed E-state index contributed by atoms with van der Waals surface area (Å²) in [6.45, 7) is 11.2. The van der Waals surface area contributed by atoms with E-state index in [0.717, 1.165) is 41.0 Å². The van der Waals surface area contributed by atoms with E-state index in [9.17, 15) is 4.79 Å².